The lowest BCUT2D eigenvalue weighted by Crippen LogP contribution is -2.45. The van der Waals surface area contributed by atoms with E-state index in [0.29, 0.717) is 19.4 Å². The Bertz CT molecular complexity index is 1060. The molecule has 6 nitrogen and oxygen atoms in total. The van der Waals surface area contributed by atoms with Crippen LogP contribution in [0.1, 0.15) is 335 Å². The quantitative estimate of drug-likeness (QED) is 0.0321. The Kier molecular flexibility index (Phi) is 56.5. The number of carbonyl (C=O) groups is 2. The maximum absolute atomic E-state index is 12.4. The molecule has 0 saturated heterocycles. The van der Waals surface area contributed by atoms with Gasteiger partial charge in [0.15, 0.2) is 0 Å². The summed E-state index contributed by atoms with van der Waals surface area (Å²) in [5, 5.41) is 22.9. The molecule has 0 heterocycles. The number of hydrogen-bond acceptors (Lipinski definition) is 5. The molecule has 0 radical (unpaired) electrons. The zero-order chi connectivity index (χ0) is 49.3. The average molecular weight is 959 g/mol. The molecule has 2 atom stereocenters. The zero-order valence-corrected chi connectivity index (χ0v) is 45.9. The predicted molar refractivity (Wildman–Crippen MR) is 296 cm³/mol. The standard InChI is InChI=1S/C62H119NO5/c1-3-5-7-9-11-13-14-15-33-36-40-44-48-52-56-62(67)68-57-53-49-45-41-37-34-31-29-27-25-23-21-19-17-16-18-20-22-24-26-28-30-32-35-39-43-47-51-55-61(66)63-59(58-64)60(65)54-50-46-42-38-12-10-8-6-4-2/h14-15,50,54,59-60,64-65H,3-13,16-49,51-53,55-58H2,1-2H3,(H,63,66)/b15-14-,54-50+. The second kappa shape index (κ2) is 57.9. The number of aliphatic hydroxyl groups excluding tert-OH is 2. The monoisotopic (exact) mass is 958 g/mol. The van der Waals surface area contributed by atoms with Crippen LogP contribution in [0.15, 0.2) is 24.3 Å². The number of allylic oxidation sites excluding steroid dienone is 3. The van der Waals surface area contributed by atoms with E-state index in [9.17, 15) is 19.8 Å². The van der Waals surface area contributed by atoms with Crippen LogP contribution in [0.3, 0.4) is 0 Å². The number of ether oxygens (including phenoxy) is 1. The smallest absolute Gasteiger partial charge is 0.305 e. The topological polar surface area (TPSA) is 95.9 Å². The largest absolute Gasteiger partial charge is 0.466 e. The van der Waals surface area contributed by atoms with Crippen LogP contribution in [0, 0.1) is 0 Å². The third-order valence-electron chi connectivity index (χ3n) is 14.2. The van der Waals surface area contributed by atoms with Crippen molar-refractivity contribution in [1.29, 1.82) is 0 Å². The van der Waals surface area contributed by atoms with Gasteiger partial charge < -0.3 is 20.3 Å². The number of rotatable bonds is 57. The number of unbranched alkanes of at least 4 members (excludes halogenated alkanes) is 44. The second-order valence-electron chi connectivity index (χ2n) is 21.0. The third kappa shape index (κ3) is 53.7. The molecule has 0 aromatic carbocycles. The molecular weight excluding hydrogens is 839 g/mol. The van der Waals surface area contributed by atoms with Crippen molar-refractivity contribution >= 4 is 11.9 Å². The minimum atomic E-state index is -0.839. The molecule has 0 aromatic heterocycles. The van der Waals surface area contributed by atoms with Crippen molar-refractivity contribution < 1.29 is 24.5 Å². The average Bonchev–Trinajstić information content (AvgIpc) is 3.34. The van der Waals surface area contributed by atoms with Gasteiger partial charge in [0, 0.05) is 12.8 Å². The molecule has 402 valence electrons. The van der Waals surface area contributed by atoms with E-state index in [4.69, 9.17) is 4.74 Å². The second-order valence-corrected chi connectivity index (χ2v) is 21.0. The molecule has 0 bridgehead atoms. The summed E-state index contributed by atoms with van der Waals surface area (Å²) in [5.74, 6) is -0.0569. The lowest BCUT2D eigenvalue weighted by Gasteiger charge is -2.20. The molecule has 0 spiro atoms. The van der Waals surface area contributed by atoms with E-state index in [1.54, 1.807) is 6.08 Å². The summed E-state index contributed by atoms with van der Waals surface area (Å²) in [6.45, 7) is 4.88. The molecule has 3 N–H and O–H groups in total. The van der Waals surface area contributed by atoms with Crippen molar-refractivity contribution in [2.24, 2.45) is 0 Å². The van der Waals surface area contributed by atoms with Gasteiger partial charge in [0.05, 0.1) is 25.4 Å². The van der Waals surface area contributed by atoms with Crippen molar-refractivity contribution in [2.75, 3.05) is 13.2 Å². The van der Waals surface area contributed by atoms with Gasteiger partial charge in [-0.2, -0.15) is 0 Å². The van der Waals surface area contributed by atoms with Gasteiger partial charge in [-0.15, -0.1) is 0 Å². The summed E-state index contributed by atoms with van der Waals surface area (Å²) in [6.07, 6.45) is 70.9. The summed E-state index contributed by atoms with van der Waals surface area (Å²) in [7, 11) is 0. The molecule has 0 aromatic rings. The number of nitrogens with one attached hydrogen (secondary N) is 1. The lowest BCUT2D eigenvalue weighted by molar-refractivity contribution is -0.143. The summed E-state index contributed by atoms with van der Waals surface area (Å²) >= 11 is 0. The van der Waals surface area contributed by atoms with E-state index in [1.165, 1.54) is 263 Å². The Hall–Kier alpha value is -1.66. The van der Waals surface area contributed by atoms with Crippen molar-refractivity contribution in [3.63, 3.8) is 0 Å². The van der Waals surface area contributed by atoms with E-state index in [-0.39, 0.29) is 18.5 Å². The van der Waals surface area contributed by atoms with Crippen LogP contribution in [0.2, 0.25) is 0 Å². The Morgan fingerprint density at radius 1 is 0.397 bits per heavy atom. The Balaban J connectivity index is 3.32. The van der Waals surface area contributed by atoms with E-state index in [0.717, 1.165) is 44.9 Å². The number of carbonyl (C=O) groups excluding carboxylic acids is 2. The molecule has 0 fully saturated rings. The van der Waals surface area contributed by atoms with Gasteiger partial charge in [-0.3, -0.25) is 9.59 Å². The van der Waals surface area contributed by atoms with Gasteiger partial charge in [-0.1, -0.05) is 289 Å². The fourth-order valence-electron chi connectivity index (χ4n) is 9.51. The molecule has 6 heteroatoms. The highest BCUT2D eigenvalue weighted by Gasteiger charge is 2.18. The van der Waals surface area contributed by atoms with Crippen molar-refractivity contribution in [3.05, 3.63) is 24.3 Å². The summed E-state index contributed by atoms with van der Waals surface area (Å²) in [4.78, 5) is 24.4. The fourth-order valence-corrected chi connectivity index (χ4v) is 9.51. The van der Waals surface area contributed by atoms with Crippen LogP contribution < -0.4 is 5.32 Å². The van der Waals surface area contributed by atoms with E-state index in [2.05, 4.69) is 31.3 Å². The van der Waals surface area contributed by atoms with Crippen LogP contribution >= 0.6 is 0 Å². The van der Waals surface area contributed by atoms with Crippen LogP contribution in [0.5, 0.6) is 0 Å². The minimum Gasteiger partial charge on any atom is -0.466 e. The molecule has 2 unspecified atom stereocenters. The maximum Gasteiger partial charge on any atom is 0.305 e. The first-order valence-corrected chi connectivity index (χ1v) is 30.6. The normalized spacial score (nSPS) is 12.7. The zero-order valence-electron chi connectivity index (χ0n) is 45.9. The first kappa shape index (κ1) is 66.3. The van der Waals surface area contributed by atoms with Gasteiger partial charge in [0.2, 0.25) is 5.91 Å². The highest BCUT2D eigenvalue weighted by atomic mass is 16.5. The molecule has 0 saturated carbocycles. The Labute approximate surface area is 424 Å². The molecule has 0 aliphatic carbocycles. The minimum absolute atomic E-state index is 0.00987. The van der Waals surface area contributed by atoms with Gasteiger partial charge in [-0.05, 0) is 57.8 Å². The predicted octanol–water partition coefficient (Wildman–Crippen LogP) is 19.0. The number of aliphatic hydroxyl groups is 2. The lowest BCUT2D eigenvalue weighted by atomic mass is 10.0. The SMILES string of the molecule is CCCCCCC/C=C\CCCCCCCC(=O)OCCCCCCCCCCCCCCCCCCCCCCCCCCCCCCC(=O)NC(CO)C(O)/C=C/CCCCCCCCC. The first-order valence-electron chi connectivity index (χ1n) is 30.6. The van der Waals surface area contributed by atoms with Gasteiger partial charge >= 0.3 is 5.97 Å². The Morgan fingerprint density at radius 3 is 1.04 bits per heavy atom. The van der Waals surface area contributed by atoms with Gasteiger partial charge in [-0.25, -0.2) is 0 Å². The number of amides is 1. The van der Waals surface area contributed by atoms with Crippen molar-refractivity contribution in [3.8, 4) is 0 Å². The van der Waals surface area contributed by atoms with Crippen LogP contribution in [0.4, 0.5) is 0 Å². The van der Waals surface area contributed by atoms with E-state index < -0.39 is 12.1 Å². The highest BCUT2D eigenvalue weighted by molar-refractivity contribution is 5.76. The van der Waals surface area contributed by atoms with Gasteiger partial charge in [0.25, 0.3) is 0 Å². The molecule has 0 aliphatic rings. The fraction of sp³-hybridized carbons (Fsp3) is 0.903. The first-order chi connectivity index (χ1) is 33.5. The number of hydrogen-bond donors (Lipinski definition) is 3. The third-order valence-corrected chi connectivity index (χ3v) is 14.2. The van der Waals surface area contributed by atoms with Crippen LogP contribution in [-0.4, -0.2) is 47.4 Å². The summed E-state index contributed by atoms with van der Waals surface area (Å²) in [5.41, 5.74) is 0. The summed E-state index contributed by atoms with van der Waals surface area (Å²) in [6, 6.07) is -0.623. The van der Waals surface area contributed by atoms with Crippen molar-refractivity contribution in [2.45, 2.75) is 347 Å². The van der Waals surface area contributed by atoms with Crippen molar-refractivity contribution in [1.82, 2.24) is 5.32 Å². The summed E-state index contributed by atoms with van der Waals surface area (Å²) < 4.78 is 5.48. The van der Waals surface area contributed by atoms with E-state index in [1.807, 2.05) is 6.08 Å². The molecule has 68 heavy (non-hydrogen) atoms. The molecular formula is C62H119NO5. The van der Waals surface area contributed by atoms with Crippen LogP contribution in [-0.2, 0) is 14.3 Å². The molecule has 0 aliphatic heterocycles. The Morgan fingerprint density at radius 2 is 0.691 bits per heavy atom. The van der Waals surface area contributed by atoms with Crippen LogP contribution in [0.25, 0.3) is 0 Å². The van der Waals surface area contributed by atoms with Gasteiger partial charge in [0.1, 0.15) is 0 Å². The number of esters is 1. The highest BCUT2D eigenvalue weighted by Crippen LogP contribution is 2.18. The maximum atomic E-state index is 12.4. The van der Waals surface area contributed by atoms with E-state index >= 15 is 0 Å². The molecule has 1 amide bonds. The molecule has 0 rings (SSSR count).